The van der Waals surface area contributed by atoms with Gasteiger partial charge in [-0.05, 0) is 18.8 Å². The second-order valence-electron chi connectivity index (χ2n) is 5.64. The van der Waals surface area contributed by atoms with E-state index in [1.807, 2.05) is 6.07 Å². The molecule has 106 valence electrons. The smallest absolute Gasteiger partial charge is 0.255 e. The highest BCUT2D eigenvalue weighted by Gasteiger charge is 2.27. The Labute approximate surface area is 122 Å². The molecule has 1 aliphatic heterocycles. The first-order valence-electron chi connectivity index (χ1n) is 7.13. The van der Waals surface area contributed by atoms with Crippen LogP contribution in [-0.2, 0) is 0 Å². The lowest BCUT2D eigenvalue weighted by molar-refractivity contribution is 0.247. The van der Waals surface area contributed by atoms with E-state index in [1.54, 1.807) is 4.52 Å². The second-order valence-corrected chi connectivity index (χ2v) is 6.03. The van der Waals surface area contributed by atoms with Crippen molar-refractivity contribution in [2.75, 3.05) is 37.6 Å². The quantitative estimate of drug-likeness (QED) is 0.799. The molecule has 1 saturated heterocycles. The SMILES string of the molecule is Clc1cc(N2CCN(CC3CC3)CC2)n2ncnc2n1. The van der Waals surface area contributed by atoms with Gasteiger partial charge in [0, 0.05) is 38.8 Å². The van der Waals surface area contributed by atoms with E-state index in [9.17, 15) is 0 Å². The molecule has 2 aromatic heterocycles. The van der Waals surface area contributed by atoms with Crippen LogP contribution in [0.15, 0.2) is 12.4 Å². The van der Waals surface area contributed by atoms with Crippen LogP contribution in [0.5, 0.6) is 0 Å². The Kier molecular flexibility index (Phi) is 3.00. The first-order chi connectivity index (χ1) is 9.79. The van der Waals surface area contributed by atoms with Crippen LogP contribution in [0.4, 0.5) is 5.82 Å². The molecule has 0 radical (unpaired) electrons. The zero-order chi connectivity index (χ0) is 13.5. The largest absolute Gasteiger partial charge is 0.354 e. The van der Waals surface area contributed by atoms with Gasteiger partial charge in [0.2, 0.25) is 0 Å². The van der Waals surface area contributed by atoms with Crippen LogP contribution in [0.3, 0.4) is 0 Å². The summed E-state index contributed by atoms with van der Waals surface area (Å²) < 4.78 is 1.77. The van der Waals surface area contributed by atoms with Gasteiger partial charge in [0.1, 0.15) is 17.3 Å². The Balaban J connectivity index is 1.53. The van der Waals surface area contributed by atoms with Gasteiger partial charge in [0.15, 0.2) is 0 Å². The summed E-state index contributed by atoms with van der Waals surface area (Å²) in [6, 6.07) is 1.87. The summed E-state index contributed by atoms with van der Waals surface area (Å²) in [7, 11) is 0. The molecular formula is C13H17ClN6. The maximum absolute atomic E-state index is 6.08. The molecular weight excluding hydrogens is 276 g/mol. The highest BCUT2D eigenvalue weighted by atomic mass is 35.5. The minimum atomic E-state index is 0.473. The molecule has 1 aliphatic carbocycles. The van der Waals surface area contributed by atoms with Crippen LogP contribution in [0.25, 0.3) is 5.78 Å². The molecule has 3 heterocycles. The Morgan fingerprint density at radius 3 is 2.75 bits per heavy atom. The van der Waals surface area contributed by atoms with E-state index in [2.05, 4.69) is 24.9 Å². The zero-order valence-electron chi connectivity index (χ0n) is 11.2. The number of rotatable bonds is 3. The van der Waals surface area contributed by atoms with Crippen molar-refractivity contribution < 1.29 is 0 Å². The lowest BCUT2D eigenvalue weighted by Crippen LogP contribution is -2.47. The molecule has 0 atom stereocenters. The van der Waals surface area contributed by atoms with Gasteiger partial charge in [0.05, 0.1) is 0 Å². The third-order valence-electron chi connectivity index (χ3n) is 4.11. The minimum absolute atomic E-state index is 0.473. The summed E-state index contributed by atoms with van der Waals surface area (Å²) in [6.07, 6.45) is 4.35. The standard InChI is InChI=1S/C13H17ClN6/c14-11-7-12(20-13(17-11)15-9-16-20)19-5-3-18(4-6-19)8-10-1-2-10/h7,9-10H,1-6,8H2. The highest BCUT2D eigenvalue weighted by molar-refractivity contribution is 6.29. The number of fused-ring (bicyclic) bond motifs is 1. The summed E-state index contributed by atoms with van der Waals surface area (Å²) in [5.74, 6) is 2.51. The number of nitrogens with zero attached hydrogens (tertiary/aromatic N) is 6. The number of aromatic nitrogens is 4. The van der Waals surface area contributed by atoms with Crippen LogP contribution in [0.1, 0.15) is 12.8 Å². The van der Waals surface area contributed by atoms with E-state index in [1.165, 1.54) is 25.7 Å². The van der Waals surface area contributed by atoms with Crippen molar-refractivity contribution in [2.45, 2.75) is 12.8 Å². The lowest BCUT2D eigenvalue weighted by Gasteiger charge is -2.35. The maximum atomic E-state index is 6.08. The van der Waals surface area contributed by atoms with Crippen LogP contribution in [0, 0.1) is 5.92 Å². The van der Waals surface area contributed by atoms with E-state index in [0.29, 0.717) is 10.9 Å². The van der Waals surface area contributed by atoms with Crippen molar-refractivity contribution in [1.82, 2.24) is 24.5 Å². The summed E-state index contributed by atoms with van der Waals surface area (Å²) >= 11 is 6.08. The molecule has 2 fully saturated rings. The third-order valence-corrected chi connectivity index (χ3v) is 4.31. The molecule has 0 N–H and O–H groups in total. The molecule has 0 amide bonds. The van der Waals surface area contributed by atoms with Crippen LogP contribution in [-0.4, -0.2) is 57.2 Å². The van der Waals surface area contributed by atoms with Crippen LogP contribution >= 0.6 is 11.6 Å². The van der Waals surface area contributed by atoms with Crippen molar-refractivity contribution in [3.8, 4) is 0 Å². The molecule has 2 aromatic rings. The Hall–Kier alpha value is -1.40. The van der Waals surface area contributed by atoms with E-state index in [0.717, 1.165) is 37.9 Å². The molecule has 0 bridgehead atoms. The molecule has 0 spiro atoms. The van der Waals surface area contributed by atoms with Crippen molar-refractivity contribution in [3.63, 3.8) is 0 Å². The van der Waals surface area contributed by atoms with E-state index in [4.69, 9.17) is 11.6 Å². The van der Waals surface area contributed by atoms with Crippen molar-refractivity contribution in [2.24, 2.45) is 5.92 Å². The Morgan fingerprint density at radius 2 is 2.00 bits per heavy atom. The van der Waals surface area contributed by atoms with Gasteiger partial charge in [-0.2, -0.15) is 19.6 Å². The molecule has 1 saturated carbocycles. The molecule has 0 unspecified atom stereocenters. The molecule has 7 heteroatoms. The summed E-state index contributed by atoms with van der Waals surface area (Å²) in [5.41, 5.74) is 0. The average Bonchev–Trinajstić information content (AvgIpc) is 3.14. The Morgan fingerprint density at radius 1 is 1.20 bits per heavy atom. The fourth-order valence-corrected chi connectivity index (χ4v) is 2.99. The van der Waals surface area contributed by atoms with Gasteiger partial charge in [0.25, 0.3) is 5.78 Å². The predicted molar refractivity (Wildman–Crippen MR) is 77.2 cm³/mol. The number of halogens is 1. The number of piperazine rings is 1. The number of hydrogen-bond acceptors (Lipinski definition) is 5. The molecule has 6 nitrogen and oxygen atoms in total. The average molecular weight is 293 g/mol. The van der Waals surface area contributed by atoms with Crippen molar-refractivity contribution >= 4 is 23.2 Å². The topological polar surface area (TPSA) is 49.6 Å². The van der Waals surface area contributed by atoms with Gasteiger partial charge in [-0.15, -0.1) is 0 Å². The first-order valence-corrected chi connectivity index (χ1v) is 7.51. The van der Waals surface area contributed by atoms with E-state index >= 15 is 0 Å². The number of hydrogen-bond donors (Lipinski definition) is 0. The van der Waals surface area contributed by atoms with Gasteiger partial charge < -0.3 is 4.90 Å². The molecule has 20 heavy (non-hydrogen) atoms. The molecule has 4 rings (SSSR count). The fraction of sp³-hybridized carbons (Fsp3) is 0.615. The monoisotopic (exact) mass is 292 g/mol. The van der Waals surface area contributed by atoms with Gasteiger partial charge in [-0.25, -0.2) is 0 Å². The lowest BCUT2D eigenvalue weighted by atomic mass is 10.3. The molecule has 2 aliphatic rings. The Bertz CT molecular complexity index is 614. The van der Waals surface area contributed by atoms with Crippen LogP contribution in [0.2, 0.25) is 5.15 Å². The van der Waals surface area contributed by atoms with Crippen molar-refractivity contribution in [1.29, 1.82) is 0 Å². The van der Waals surface area contributed by atoms with Crippen LogP contribution < -0.4 is 4.90 Å². The highest BCUT2D eigenvalue weighted by Crippen LogP contribution is 2.30. The molecule has 0 aromatic carbocycles. The van der Waals surface area contributed by atoms with Gasteiger partial charge in [-0.1, -0.05) is 11.6 Å². The fourth-order valence-electron chi connectivity index (χ4n) is 2.82. The van der Waals surface area contributed by atoms with E-state index < -0.39 is 0 Å². The summed E-state index contributed by atoms with van der Waals surface area (Å²) in [4.78, 5) is 13.2. The second kappa shape index (κ2) is 4.86. The maximum Gasteiger partial charge on any atom is 0.255 e. The summed E-state index contributed by atoms with van der Waals surface area (Å²) in [5, 5.41) is 4.71. The summed E-state index contributed by atoms with van der Waals surface area (Å²) in [6.45, 7) is 5.48. The zero-order valence-corrected chi connectivity index (χ0v) is 12.0. The van der Waals surface area contributed by atoms with E-state index in [-0.39, 0.29) is 0 Å². The van der Waals surface area contributed by atoms with Gasteiger partial charge in [-0.3, -0.25) is 4.90 Å². The normalized spacial score (nSPS) is 20.8. The first kappa shape index (κ1) is 12.3. The van der Waals surface area contributed by atoms with Crippen molar-refractivity contribution in [3.05, 3.63) is 17.5 Å². The minimum Gasteiger partial charge on any atom is -0.354 e. The third kappa shape index (κ3) is 2.33. The predicted octanol–water partition coefficient (Wildman–Crippen LogP) is 1.31. The van der Waals surface area contributed by atoms with Gasteiger partial charge >= 0.3 is 0 Å². The number of anilines is 1.